The zero-order valence-corrected chi connectivity index (χ0v) is 17.3. The van der Waals surface area contributed by atoms with Gasteiger partial charge in [0.1, 0.15) is 5.75 Å². The summed E-state index contributed by atoms with van der Waals surface area (Å²) in [6.45, 7) is 6.30. The molecule has 1 heterocycles. The summed E-state index contributed by atoms with van der Waals surface area (Å²) in [4.78, 5) is 15.2. The molecule has 0 atom stereocenters. The third kappa shape index (κ3) is 8.12. The van der Waals surface area contributed by atoms with Crippen LogP contribution in [0, 0.1) is 0 Å². The van der Waals surface area contributed by atoms with E-state index in [1.807, 2.05) is 30.3 Å². The van der Waals surface area contributed by atoms with Gasteiger partial charge in [-0.25, -0.2) is 0 Å². The minimum atomic E-state index is 0.165. The molecule has 0 amide bonds. The predicted molar refractivity (Wildman–Crippen MR) is 112 cm³/mol. The first-order valence-electron chi connectivity index (χ1n) is 10.1. The largest absolute Gasteiger partial charge is 0.424 e. The topological polar surface area (TPSA) is 51.1 Å². The van der Waals surface area contributed by atoms with Gasteiger partial charge in [-0.05, 0) is 36.6 Å². The predicted octanol–water partition coefficient (Wildman–Crippen LogP) is 6.28. The fourth-order valence-electron chi connectivity index (χ4n) is 2.87. The summed E-state index contributed by atoms with van der Waals surface area (Å²) < 4.78 is 5.76. The number of unbranched alkanes of at least 4 members (excludes halogenated alkanes) is 6. The third-order valence-electron chi connectivity index (χ3n) is 4.37. The van der Waals surface area contributed by atoms with Gasteiger partial charge < -0.3 is 9.64 Å². The number of hydrogen-bond donors (Lipinski definition) is 0. The lowest BCUT2D eigenvalue weighted by Gasteiger charge is -2.23. The number of anilines is 1. The second-order valence-corrected chi connectivity index (χ2v) is 7.05. The van der Waals surface area contributed by atoms with Gasteiger partial charge in [-0.1, -0.05) is 70.6 Å². The molecular weight excluding hydrogens is 360 g/mol. The minimum Gasteiger partial charge on any atom is -0.424 e. The lowest BCUT2D eigenvalue weighted by Crippen LogP contribution is -2.28. The highest BCUT2D eigenvalue weighted by Crippen LogP contribution is 2.21. The minimum absolute atomic E-state index is 0.165. The summed E-state index contributed by atoms with van der Waals surface area (Å²) >= 11 is 6.16. The van der Waals surface area contributed by atoms with Gasteiger partial charge in [0, 0.05) is 13.1 Å². The van der Waals surface area contributed by atoms with Gasteiger partial charge in [-0.2, -0.15) is 15.0 Å². The molecule has 0 aliphatic carbocycles. The smallest absolute Gasteiger partial charge is 0.328 e. The number of ether oxygens (including phenoxy) is 1. The maximum Gasteiger partial charge on any atom is 0.328 e. The van der Waals surface area contributed by atoms with Gasteiger partial charge in [0.15, 0.2) is 0 Å². The van der Waals surface area contributed by atoms with Crippen molar-refractivity contribution in [3.8, 4) is 11.8 Å². The maximum atomic E-state index is 6.16. The number of para-hydroxylation sites is 1. The van der Waals surface area contributed by atoms with Gasteiger partial charge in [0.2, 0.25) is 11.2 Å². The van der Waals surface area contributed by atoms with E-state index in [1.54, 1.807) is 0 Å². The van der Waals surface area contributed by atoms with Crippen LogP contribution in [0.1, 0.15) is 65.2 Å². The molecule has 0 saturated heterocycles. The number of halogens is 1. The highest BCUT2D eigenvalue weighted by atomic mass is 35.5. The molecule has 27 heavy (non-hydrogen) atoms. The molecule has 1 aromatic carbocycles. The van der Waals surface area contributed by atoms with Crippen LogP contribution in [0.5, 0.6) is 11.8 Å². The summed E-state index contributed by atoms with van der Waals surface area (Å²) in [5.74, 6) is 1.29. The summed E-state index contributed by atoms with van der Waals surface area (Å²) in [6.07, 6.45) is 9.64. The number of rotatable bonds is 13. The van der Waals surface area contributed by atoms with Crippen molar-refractivity contribution in [3.63, 3.8) is 0 Å². The molecule has 6 heteroatoms. The van der Waals surface area contributed by atoms with Crippen LogP contribution in [0.2, 0.25) is 5.28 Å². The first kappa shape index (κ1) is 21.4. The molecular formula is C21H31ClN4O. The Morgan fingerprint density at radius 1 is 0.815 bits per heavy atom. The van der Waals surface area contributed by atoms with Crippen molar-refractivity contribution < 1.29 is 4.74 Å². The fraction of sp³-hybridized carbons (Fsp3) is 0.571. The number of hydrogen-bond acceptors (Lipinski definition) is 5. The summed E-state index contributed by atoms with van der Waals surface area (Å²) in [5, 5.41) is 0.165. The van der Waals surface area contributed by atoms with Gasteiger partial charge in [-0.15, -0.1) is 0 Å². The number of nitrogens with zero attached hydrogens (tertiary/aromatic N) is 4. The van der Waals surface area contributed by atoms with Gasteiger partial charge >= 0.3 is 6.01 Å². The Kier molecular flexibility index (Phi) is 9.91. The summed E-state index contributed by atoms with van der Waals surface area (Å²) in [5.41, 5.74) is 0. The molecule has 0 N–H and O–H groups in total. The first-order valence-corrected chi connectivity index (χ1v) is 10.5. The quantitative estimate of drug-likeness (QED) is 0.376. The van der Waals surface area contributed by atoms with Crippen molar-refractivity contribution in [2.24, 2.45) is 0 Å². The van der Waals surface area contributed by atoms with Gasteiger partial charge in [-0.3, -0.25) is 0 Å². The van der Waals surface area contributed by atoms with E-state index in [4.69, 9.17) is 16.3 Å². The second-order valence-electron chi connectivity index (χ2n) is 6.71. The van der Waals surface area contributed by atoms with Crippen LogP contribution in [-0.2, 0) is 0 Å². The Morgan fingerprint density at radius 2 is 1.44 bits per heavy atom. The molecule has 0 aliphatic rings. The second kappa shape index (κ2) is 12.5. The molecule has 148 valence electrons. The number of benzene rings is 1. The molecule has 1 aromatic heterocycles. The van der Waals surface area contributed by atoms with Crippen LogP contribution in [0.4, 0.5) is 5.95 Å². The molecule has 0 saturated carbocycles. The van der Waals surface area contributed by atoms with E-state index < -0.39 is 0 Å². The van der Waals surface area contributed by atoms with Crippen molar-refractivity contribution in [1.29, 1.82) is 0 Å². The Hall–Kier alpha value is -1.88. The monoisotopic (exact) mass is 390 g/mol. The Morgan fingerprint density at radius 3 is 2.04 bits per heavy atom. The highest BCUT2D eigenvalue weighted by molar-refractivity contribution is 6.28. The third-order valence-corrected chi connectivity index (χ3v) is 4.54. The van der Waals surface area contributed by atoms with E-state index >= 15 is 0 Å². The molecule has 0 spiro atoms. The Labute approximate surface area is 168 Å². The van der Waals surface area contributed by atoms with E-state index in [1.165, 1.54) is 38.5 Å². The molecule has 2 aromatic rings. The maximum absolute atomic E-state index is 6.16. The molecule has 0 radical (unpaired) electrons. The van der Waals surface area contributed by atoms with Crippen LogP contribution in [-0.4, -0.2) is 28.0 Å². The average Bonchev–Trinajstić information content (AvgIpc) is 2.67. The highest BCUT2D eigenvalue weighted by Gasteiger charge is 2.14. The molecule has 2 rings (SSSR count). The molecule has 0 fully saturated rings. The zero-order chi connectivity index (χ0) is 19.3. The van der Waals surface area contributed by atoms with Crippen molar-refractivity contribution >= 4 is 17.5 Å². The zero-order valence-electron chi connectivity index (χ0n) is 16.5. The summed E-state index contributed by atoms with van der Waals surface area (Å²) in [6, 6.07) is 9.73. The lowest BCUT2D eigenvalue weighted by molar-refractivity contribution is 0.438. The van der Waals surface area contributed by atoms with E-state index in [-0.39, 0.29) is 11.3 Å². The SMILES string of the molecule is CCCCCCN(CCCCCC)c1nc(Cl)nc(Oc2ccccc2)n1. The van der Waals surface area contributed by atoms with Crippen molar-refractivity contribution in [3.05, 3.63) is 35.6 Å². The van der Waals surface area contributed by atoms with Crippen LogP contribution in [0.25, 0.3) is 0 Å². The van der Waals surface area contributed by atoms with Crippen LogP contribution >= 0.6 is 11.6 Å². The van der Waals surface area contributed by atoms with E-state index in [0.29, 0.717) is 11.7 Å². The molecule has 0 aliphatic heterocycles. The first-order chi connectivity index (χ1) is 13.2. The van der Waals surface area contributed by atoms with Gasteiger partial charge in [0.25, 0.3) is 0 Å². The normalized spacial score (nSPS) is 10.8. The van der Waals surface area contributed by atoms with Crippen molar-refractivity contribution in [2.75, 3.05) is 18.0 Å². The van der Waals surface area contributed by atoms with Crippen molar-refractivity contribution in [1.82, 2.24) is 15.0 Å². The standard InChI is InChI=1S/C21H31ClN4O/c1-3-5-7-12-16-26(17-13-8-6-4-2)20-23-19(22)24-21(25-20)27-18-14-10-9-11-15-18/h9-11,14-15H,3-8,12-13,16-17H2,1-2H3. The molecule has 0 unspecified atom stereocenters. The van der Waals surface area contributed by atoms with Crippen LogP contribution < -0.4 is 9.64 Å². The van der Waals surface area contributed by atoms with E-state index in [2.05, 4.69) is 33.7 Å². The molecule has 0 bridgehead atoms. The number of aromatic nitrogens is 3. The Balaban J connectivity index is 2.08. The van der Waals surface area contributed by atoms with Crippen LogP contribution in [0.15, 0.2) is 30.3 Å². The molecule has 5 nitrogen and oxygen atoms in total. The van der Waals surface area contributed by atoms with Gasteiger partial charge in [0.05, 0.1) is 0 Å². The van der Waals surface area contributed by atoms with E-state index in [0.717, 1.165) is 25.9 Å². The fourth-order valence-corrected chi connectivity index (χ4v) is 3.02. The van der Waals surface area contributed by atoms with Crippen LogP contribution in [0.3, 0.4) is 0 Å². The average molecular weight is 391 g/mol. The summed E-state index contributed by atoms with van der Waals surface area (Å²) in [7, 11) is 0. The van der Waals surface area contributed by atoms with Crippen molar-refractivity contribution in [2.45, 2.75) is 65.2 Å². The Bertz CT molecular complexity index is 642. The van der Waals surface area contributed by atoms with E-state index in [9.17, 15) is 0 Å². The lowest BCUT2D eigenvalue weighted by atomic mass is 10.2.